The molecule has 0 spiro atoms. The number of allylic oxidation sites excluding steroid dienone is 2. The first kappa shape index (κ1) is 8.79. The van der Waals surface area contributed by atoms with Crippen molar-refractivity contribution in [2.24, 2.45) is 4.99 Å². The molecular weight excluding hydrogens is 198 g/mol. The second-order valence-electron chi connectivity index (χ2n) is 2.73. The van der Waals surface area contributed by atoms with Crippen LogP contribution in [0.15, 0.2) is 41.0 Å². The Kier molecular flexibility index (Phi) is 2.21. The Hall–Kier alpha value is -1.79. The first-order chi connectivity index (χ1) is 6.81. The first-order valence-electron chi connectivity index (χ1n) is 4.01. The summed E-state index contributed by atoms with van der Waals surface area (Å²) in [6.07, 6.45) is 1.34. The summed E-state index contributed by atoms with van der Waals surface area (Å²) in [7, 11) is 0. The monoisotopic (exact) mass is 203 g/mol. The topological polar surface area (TPSA) is 48.2 Å². The van der Waals surface area contributed by atoms with Crippen LogP contribution >= 0.6 is 11.6 Å². The van der Waals surface area contributed by atoms with E-state index in [-0.39, 0.29) is 0 Å². The van der Waals surface area contributed by atoms with Gasteiger partial charge in [-0.2, -0.15) is 5.26 Å². The van der Waals surface area contributed by atoms with Gasteiger partial charge in [0.25, 0.3) is 0 Å². The number of nitrogens with one attached hydrogen (secondary N) is 1. The number of rotatable bonds is 0. The molecule has 1 aliphatic rings. The van der Waals surface area contributed by atoms with E-state index in [2.05, 4.69) is 10.3 Å². The highest BCUT2D eigenvalue weighted by molar-refractivity contribution is 6.70. The molecule has 0 saturated carbocycles. The second kappa shape index (κ2) is 3.52. The van der Waals surface area contributed by atoms with Gasteiger partial charge in [-0.25, -0.2) is 4.99 Å². The normalized spacial score (nSPS) is 16.6. The third kappa shape index (κ3) is 1.48. The van der Waals surface area contributed by atoms with Crippen LogP contribution in [0.5, 0.6) is 0 Å². The fourth-order valence-corrected chi connectivity index (χ4v) is 1.39. The number of hydrogen-bond acceptors (Lipinski definition) is 3. The second-order valence-corrected chi connectivity index (χ2v) is 3.09. The minimum atomic E-state index is 0.310. The predicted molar refractivity (Wildman–Crippen MR) is 56.7 cm³/mol. The summed E-state index contributed by atoms with van der Waals surface area (Å²) in [5.74, 6) is 0. The van der Waals surface area contributed by atoms with Crippen LogP contribution in [0.1, 0.15) is 0 Å². The Morgan fingerprint density at radius 3 is 3.00 bits per heavy atom. The maximum atomic E-state index is 8.50. The lowest BCUT2D eigenvalue weighted by Gasteiger charge is -2.15. The van der Waals surface area contributed by atoms with Gasteiger partial charge in [-0.05, 0) is 12.1 Å². The number of anilines is 1. The van der Waals surface area contributed by atoms with Crippen LogP contribution in [0.2, 0.25) is 0 Å². The fourth-order valence-electron chi connectivity index (χ4n) is 1.20. The molecule has 14 heavy (non-hydrogen) atoms. The van der Waals surface area contributed by atoms with Crippen molar-refractivity contribution in [2.75, 3.05) is 5.32 Å². The highest BCUT2D eigenvalue weighted by atomic mass is 35.5. The molecule has 0 fully saturated rings. The summed E-state index contributed by atoms with van der Waals surface area (Å²) in [6, 6.07) is 9.42. The molecule has 68 valence electrons. The lowest BCUT2D eigenvalue weighted by atomic mass is 10.2. The highest BCUT2D eigenvalue weighted by Crippen LogP contribution is 2.31. The van der Waals surface area contributed by atoms with Crippen LogP contribution in [-0.4, -0.2) is 5.17 Å². The molecule has 3 nitrogen and oxygen atoms in total. The molecule has 0 aliphatic carbocycles. The Morgan fingerprint density at radius 2 is 2.21 bits per heavy atom. The minimum Gasteiger partial charge on any atom is -0.351 e. The van der Waals surface area contributed by atoms with Crippen LogP contribution < -0.4 is 5.32 Å². The van der Waals surface area contributed by atoms with E-state index in [1.165, 1.54) is 6.08 Å². The standard InChI is InChI=1S/C10H6ClN3/c11-10-9(5-6-12)13-7-3-1-2-4-8(7)14-10/h1-5,13H/b9-5+. The Balaban J connectivity index is 2.50. The van der Waals surface area contributed by atoms with Gasteiger partial charge >= 0.3 is 0 Å². The summed E-state index contributed by atoms with van der Waals surface area (Å²) in [4.78, 5) is 4.15. The number of hydrogen-bond donors (Lipinski definition) is 1. The van der Waals surface area contributed by atoms with E-state index in [1.54, 1.807) is 0 Å². The molecule has 0 radical (unpaired) electrons. The van der Waals surface area contributed by atoms with E-state index in [0.717, 1.165) is 11.4 Å². The van der Waals surface area contributed by atoms with Crippen molar-refractivity contribution >= 4 is 28.1 Å². The van der Waals surface area contributed by atoms with Crippen molar-refractivity contribution < 1.29 is 0 Å². The highest BCUT2D eigenvalue weighted by Gasteiger charge is 2.13. The molecule has 1 heterocycles. The van der Waals surface area contributed by atoms with E-state index in [0.29, 0.717) is 10.9 Å². The lowest BCUT2D eigenvalue weighted by molar-refractivity contribution is 1.40. The fraction of sp³-hybridized carbons (Fsp3) is 0. The summed E-state index contributed by atoms with van der Waals surface area (Å²) >= 11 is 5.86. The molecule has 0 amide bonds. The van der Waals surface area contributed by atoms with Gasteiger partial charge in [-0.15, -0.1) is 0 Å². The summed E-state index contributed by atoms with van der Waals surface area (Å²) in [6.45, 7) is 0. The quantitative estimate of drug-likeness (QED) is 0.659. The van der Waals surface area contributed by atoms with Gasteiger partial charge < -0.3 is 5.32 Å². The Morgan fingerprint density at radius 1 is 1.43 bits per heavy atom. The Bertz CT molecular complexity index is 469. The van der Waals surface area contributed by atoms with Crippen LogP contribution in [0.3, 0.4) is 0 Å². The van der Waals surface area contributed by atoms with Gasteiger partial charge in [0, 0.05) is 6.08 Å². The molecule has 1 aromatic carbocycles. The zero-order chi connectivity index (χ0) is 9.97. The molecule has 1 N–H and O–H groups in total. The SMILES string of the molecule is N#C/C=C1/Nc2ccccc2N=C1Cl. The Labute approximate surface area is 86.3 Å². The number of nitriles is 1. The maximum absolute atomic E-state index is 8.50. The lowest BCUT2D eigenvalue weighted by Crippen LogP contribution is -2.10. The van der Waals surface area contributed by atoms with Crippen LogP contribution in [0, 0.1) is 11.3 Å². The van der Waals surface area contributed by atoms with Gasteiger partial charge in [0.1, 0.15) is 0 Å². The van der Waals surface area contributed by atoms with E-state index in [1.807, 2.05) is 30.3 Å². The van der Waals surface area contributed by atoms with Crippen LogP contribution in [-0.2, 0) is 0 Å². The van der Waals surface area contributed by atoms with Crippen molar-refractivity contribution in [2.45, 2.75) is 0 Å². The molecule has 0 bridgehead atoms. The molecule has 0 saturated heterocycles. The number of para-hydroxylation sites is 2. The maximum Gasteiger partial charge on any atom is 0.153 e. The molecule has 0 unspecified atom stereocenters. The first-order valence-corrected chi connectivity index (χ1v) is 4.39. The molecule has 2 rings (SSSR count). The summed E-state index contributed by atoms with van der Waals surface area (Å²) in [5.41, 5.74) is 2.18. The van der Waals surface area contributed by atoms with Gasteiger partial charge in [0.15, 0.2) is 5.17 Å². The van der Waals surface area contributed by atoms with E-state index >= 15 is 0 Å². The van der Waals surface area contributed by atoms with Crippen molar-refractivity contribution in [3.63, 3.8) is 0 Å². The molecule has 4 heteroatoms. The number of benzene rings is 1. The molecular formula is C10H6ClN3. The van der Waals surface area contributed by atoms with Crippen molar-refractivity contribution in [3.8, 4) is 6.07 Å². The predicted octanol–water partition coefficient (Wildman–Crippen LogP) is 2.79. The molecule has 0 aromatic heterocycles. The van der Waals surface area contributed by atoms with Gasteiger partial charge in [-0.1, -0.05) is 23.7 Å². The number of nitrogens with zero attached hydrogens (tertiary/aromatic N) is 2. The van der Waals surface area contributed by atoms with E-state index in [4.69, 9.17) is 16.9 Å². The third-order valence-electron chi connectivity index (χ3n) is 1.82. The number of halogens is 1. The van der Waals surface area contributed by atoms with Gasteiger partial charge in [0.2, 0.25) is 0 Å². The van der Waals surface area contributed by atoms with Crippen LogP contribution in [0.25, 0.3) is 0 Å². The smallest absolute Gasteiger partial charge is 0.153 e. The van der Waals surface area contributed by atoms with Gasteiger partial charge in [-0.3, -0.25) is 0 Å². The molecule has 0 atom stereocenters. The van der Waals surface area contributed by atoms with E-state index in [9.17, 15) is 0 Å². The van der Waals surface area contributed by atoms with Crippen molar-refractivity contribution in [1.82, 2.24) is 0 Å². The molecule has 1 aliphatic heterocycles. The largest absolute Gasteiger partial charge is 0.351 e. The average molecular weight is 204 g/mol. The summed E-state index contributed by atoms with van der Waals surface area (Å²) in [5, 5.41) is 11.8. The van der Waals surface area contributed by atoms with Crippen LogP contribution in [0.4, 0.5) is 11.4 Å². The van der Waals surface area contributed by atoms with E-state index < -0.39 is 0 Å². The van der Waals surface area contributed by atoms with Crippen molar-refractivity contribution in [3.05, 3.63) is 36.0 Å². The zero-order valence-corrected chi connectivity index (χ0v) is 7.92. The molecule has 1 aromatic rings. The number of aliphatic imine (C=N–C) groups is 1. The van der Waals surface area contributed by atoms with Crippen molar-refractivity contribution in [1.29, 1.82) is 5.26 Å². The van der Waals surface area contributed by atoms with Gasteiger partial charge in [0.05, 0.1) is 23.1 Å². The zero-order valence-electron chi connectivity index (χ0n) is 7.16. The minimum absolute atomic E-state index is 0.310. The summed E-state index contributed by atoms with van der Waals surface area (Å²) < 4.78 is 0. The number of fused-ring (bicyclic) bond motifs is 1. The third-order valence-corrected chi connectivity index (χ3v) is 2.11. The average Bonchev–Trinajstić information content (AvgIpc) is 2.19.